The third-order valence-corrected chi connectivity index (χ3v) is 13.9. The van der Waals surface area contributed by atoms with E-state index in [1.807, 2.05) is 6.55 Å². The Balaban J connectivity index is 0.000000204. The van der Waals surface area contributed by atoms with Gasteiger partial charge in [0.15, 0.2) is 0 Å². The number of halogens is 5. The molecule has 0 radical (unpaired) electrons. The van der Waals surface area contributed by atoms with Gasteiger partial charge in [0, 0.05) is 0 Å². The molecule has 298 valence electrons. The molecule has 0 aromatic heterocycles. The van der Waals surface area contributed by atoms with Crippen LogP contribution in [-0.4, -0.2) is 11.6 Å². The maximum Gasteiger partial charge on any atom is -0.0259 e. The summed E-state index contributed by atoms with van der Waals surface area (Å²) < 4.78 is 34.3. The largest absolute Gasteiger partial charge is 1.00 e. The zero-order chi connectivity index (χ0) is 38.8. The molecule has 0 amide bonds. The van der Waals surface area contributed by atoms with Crippen LogP contribution in [0.15, 0.2) is 108 Å². The van der Waals surface area contributed by atoms with Crippen molar-refractivity contribution in [2.45, 2.75) is 103 Å². The summed E-state index contributed by atoms with van der Waals surface area (Å²) in [5, 5.41) is 5.15. The maximum atomic E-state index is 11.4. The van der Waals surface area contributed by atoms with Crippen LogP contribution in [0.5, 0.6) is 0 Å². The Kier molecular flexibility index (Phi) is 18.6. The SMILES string of the molecule is C[Si](=[Zr+2])CCC(F)(F)F.Cc1ccc(-c2cccc3c2=CC(=CC2CCCCC2)[C-]=3)cc1.Cc1ccc(-c2cccc3c2=CC(=CC2CCCCC2)[C-]=3)cc1.[Cl-].[Cl-]. The Hall–Kier alpha value is -2.69. The molecule has 4 aromatic rings. The molecule has 0 N–H and O–H groups in total. The number of fused-ring (bicyclic) bond motifs is 2. The van der Waals surface area contributed by atoms with Crippen LogP contribution in [0.4, 0.5) is 13.2 Å². The Bertz CT molecular complexity index is 2110. The van der Waals surface area contributed by atoms with Crippen molar-refractivity contribution in [1.82, 2.24) is 0 Å². The summed E-state index contributed by atoms with van der Waals surface area (Å²) in [6.45, 7) is 6.20. The van der Waals surface area contributed by atoms with Gasteiger partial charge in [-0.15, -0.1) is 80.6 Å². The van der Waals surface area contributed by atoms with Crippen LogP contribution < -0.4 is 45.7 Å². The number of rotatable bonds is 6. The van der Waals surface area contributed by atoms with E-state index in [0.717, 1.165) is 11.8 Å². The second-order valence-electron chi connectivity index (χ2n) is 15.7. The maximum absolute atomic E-state index is 11.4. The number of hydrogen-bond donors (Lipinski definition) is 0. The van der Waals surface area contributed by atoms with Crippen LogP contribution in [-0.2, 0) is 23.3 Å². The van der Waals surface area contributed by atoms with Gasteiger partial charge in [-0.3, -0.25) is 0 Å². The minimum absolute atomic E-state index is 0. The van der Waals surface area contributed by atoms with E-state index in [-0.39, 0.29) is 24.8 Å². The average Bonchev–Trinajstić information content (AvgIpc) is 3.79. The van der Waals surface area contributed by atoms with Crippen LogP contribution in [0, 0.1) is 25.7 Å². The van der Waals surface area contributed by atoms with E-state index in [4.69, 9.17) is 0 Å². The van der Waals surface area contributed by atoms with Crippen molar-refractivity contribution in [3.8, 4) is 22.3 Å². The fourth-order valence-corrected chi connectivity index (χ4v) is 9.52. The zero-order valence-corrected chi connectivity index (χ0v) is 38.4. The van der Waals surface area contributed by atoms with Crippen molar-refractivity contribution < 1.29 is 61.3 Å². The third-order valence-electron chi connectivity index (χ3n) is 11.0. The van der Waals surface area contributed by atoms with E-state index in [2.05, 4.69) is 135 Å². The van der Waals surface area contributed by atoms with Gasteiger partial charge in [-0.05, 0) is 36.8 Å². The molecule has 4 aromatic carbocycles. The van der Waals surface area contributed by atoms with Gasteiger partial charge in [0.25, 0.3) is 0 Å². The molecule has 0 aliphatic heterocycles. The third kappa shape index (κ3) is 14.2. The summed E-state index contributed by atoms with van der Waals surface area (Å²) in [6.07, 6.45) is 26.0. The predicted octanol–water partition coefficient (Wildman–Crippen LogP) is 5.36. The molecule has 0 spiro atoms. The second kappa shape index (κ2) is 22.6. The van der Waals surface area contributed by atoms with Crippen LogP contribution in [0.3, 0.4) is 0 Å². The number of allylic oxidation sites excluding steroid dienone is 4. The normalized spacial score (nSPS) is 17.4. The Labute approximate surface area is 366 Å². The van der Waals surface area contributed by atoms with Gasteiger partial charge >= 0.3 is 67.1 Å². The van der Waals surface area contributed by atoms with Crippen LogP contribution in [0.1, 0.15) is 81.8 Å². The Morgan fingerprint density at radius 1 is 0.614 bits per heavy atom. The first-order valence-corrected chi connectivity index (χ1v) is 26.1. The smallest absolute Gasteiger partial charge is 0.0259 e. The summed E-state index contributed by atoms with van der Waals surface area (Å²) in [5.41, 5.74) is 9.82. The first-order valence-electron chi connectivity index (χ1n) is 20.2. The van der Waals surface area contributed by atoms with Gasteiger partial charge < -0.3 is 24.8 Å². The van der Waals surface area contributed by atoms with E-state index in [9.17, 15) is 13.2 Å². The molecule has 4 aliphatic rings. The van der Waals surface area contributed by atoms with Crippen molar-refractivity contribution in [2.24, 2.45) is 11.8 Å². The fraction of sp³-hybridized carbons (Fsp3) is 0.360. The van der Waals surface area contributed by atoms with Crippen molar-refractivity contribution in [1.29, 1.82) is 0 Å². The summed E-state index contributed by atoms with van der Waals surface area (Å²) in [7, 11) is 0. The van der Waals surface area contributed by atoms with Crippen LogP contribution >= 0.6 is 0 Å². The summed E-state index contributed by atoms with van der Waals surface area (Å²) in [6, 6.07) is 31.2. The standard InChI is InChI=1S/2C23H23.C4H7F3Si.2ClH.Zr/c2*1-17-10-12-20(13-11-17)22-9-5-8-21-15-19(16-23(21)22)14-18-6-3-2-4-7-18;1-8-3-2-4(5,6)7;;;/h2*5,8-14,16,18H,2-4,6-7H2,1H3;2-3H2,1H3;2*1H;/q2*-1;;;;+2/p-2. The van der Waals surface area contributed by atoms with Crippen molar-refractivity contribution in [2.75, 3.05) is 0 Å². The molecule has 4 aliphatic carbocycles. The van der Waals surface area contributed by atoms with Gasteiger partial charge in [0.1, 0.15) is 0 Å². The molecule has 8 rings (SSSR count). The summed E-state index contributed by atoms with van der Waals surface area (Å²) in [4.78, 5) is 0. The minimum atomic E-state index is -3.93. The quantitative estimate of drug-likeness (QED) is 0.181. The molecule has 0 nitrogen and oxygen atoms in total. The molecule has 0 atom stereocenters. The minimum Gasteiger partial charge on any atom is -1.00 e. The topological polar surface area (TPSA) is 0 Å². The Morgan fingerprint density at radius 2 is 1.00 bits per heavy atom. The predicted molar refractivity (Wildman–Crippen MR) is 224 cm³/mol. The molecular weight excluding hydrogens is 848 g/mol. The fourth-order valence-electron chi connectivity index (χ4n) is 7.94. The Morgan fingerprint density at radius 3 is 1.33 bits per heavy atom. The first kappa shape index (κ1) is 47.0. The van der Waals surface area contributed by atoms with E-state index in [1.54, 1.807) is 0 Å². The molecular formula is C50H53Cl2F3SiZr-2. The van der Waals surface area contributed by atoms with E-state index >= 15 is 0 Å². The number of hydrogen-bond acceptors (Lipinski definition) is 0. The van der Waals surface area contributed by atoms with Crippen LogP contribution in [0.25, 0.3) is 46.6 Å². The van der Waals surface area contributed by atoms with Crippen molar-refractivity contribution >= 4 is 29.7 Å². The van der Waals surface area contributed by atoms with Gasteiger partial charge in [0.2, 0.25) is 0 Å². The van der Waals surface area contributed by atoms with E-state index in [0.29, 0.717) is 6.04 Å². The second-order valence-corrected chi connectivity index (χ2v) is 24.1. The van der Waals surface area contributed by atoms with Gasteiger partial charge in [-0.2, -0.15) is 0 Å². The van der Waals surface area contributed by atoms with Crippen molar-refractivity contribution in [3.05, 3.63) is 140 Å². The molecule has 0 bridgehead atoms. The number of benzene rings is 4. The number of aryl methyl sites for hydroxylation is 2. The average molecular weight is 901 g/mol. The summed E-state index contributed by atoms with van der Waals surface area (Å²) in [5.74, 6) is 1.50. The zero-order valence-electron chi connectivity index (χ0n) is 33.4. The first-order chi connectivity index (χ1) is 26.5. The monoisotopic (exact) mass is 898 g/mol. The van der Waals surface area contributed by atoms with Gasteiger partial charge in [-0.25, -0.2) is 0 Å². The molecule has 0 unspecified atom stereocenters. The van der Waals surface area contributed by atoms with Crippen LogP contribution in [0.2, 0.25) is 12.6 Å². The molecule has 7 heteroatoms. The molecule has 0 saturated heterocycles. The summed E-state index contributed by atoms with van der Waals surface area (Å²) >= 11 is 1.29. The molecule has 0 heterocycles. The van der Waals surface area contributed by atoms with E-state index < -0.39 is 18.0 Å². The van der Waals surface area contributed by atoms with Gasteiger partial charge in [0.05, 0.1) is 0 Å². The molecule has 2 fully saturated rings. The van der Waals surface area contributed by atoms with E-state index in [1.165, 1.54) is 153 Å². The van der Waals surface area contributed by atoms with Gasteiger partial charge in [-0.1, -0.05) is 159 Å². The molecule has 2 saturated carbocycles. The number of alkyl halides is 3. The van der Waals surface area contributed by atoms with Crippen molar-refractivity contribution in [3.63, 3.8) is 0 Å². The molecule has 57 heavy (non-hydrogen) atoms.